The molecule has 0 radical (unpaired) electrons. The van der Waals surface area contributed by atoms with Crippen LogP contribution in [0.15, 0.2) is 0 Å². The van der Waals surface area contributed by atoms with Gasteiger partial charge in [-0.05, 0) is 25.7 Å². The number of methoxy groups -OCH3 is 2. The van der Waals surface area contributed by atoms with Crippen LogP contribution in [0, 0.1) is 5.92 Å². The number of carbonyl (C=O) groups is 2. The molecule has 0 spiro atoms. The first kappa shape index (κ1) is 15.7. The maximum Gasteiger partial charge on any atom is 0.329 e. The fourth-order valence-electron chi connectivity index (χ4n) is 1.87. The van der Waals surface area contributed by atoms with E-state index in [1.165, 1.54) is 14.0 Å². The van der Waals surface area contributed by atoms with E-state index >= 15 is 0 Å². The van der Waals surface area contributed by atoms with E-state index in [9.17, 15) is 14.7 Å². The van der Waals surface area contributed by atoms with Gasteiger partial charge >= 0.3 is 12.0 Å². The summed E-state index contributed by atoms with van der Waals surface area (Å²) in [6.45, 7) is 2.15. The molecule has 0 aromatic carbocycles. The molecule has 2 amide bonds. The topological polar surface area (TPSA) is 96.9 Å². The van der Waals surface area contributed by atoms with Crippen molar-refractivity contribution in [2.45, 2.75) is 31.4 Å². The molecule has 0 heterocycles. The van der Waals surface area contributed by atoms with E-state index < -0.39 is 17.5 Å². The van der Waals surface area contributed by atoms with Crippen LogP contribution in [0.4, 0.5) is 4.79 Å². The van der Waals surface area contributed by atoms with Gasteiger partial charge in [-0.15, -0.1) is 0 Å². The Labute approximate surface area is 112 Å². The number of aliphatic carboxylic acids is 1. The summed E-state index contributed by atoms with van der Waals surface area (Å²) in [6, 6.07) is -0.505. The predicted octanol–water partition coefficient (Wildman–Crippen LogP) is 0.200. The highest BCUT2D eigenvalue weighted by atomic mass is 16.5. The molecule has 1 rings (SSSR count). The molecule has 0 bridgehead atoms. The Morgan fingerprint density at radius 3 is 2.47 bits per heavy atom. The first-order valence-corrected chi connectivity index (χ1v) is 6.25. The average molecular weight is 274 g/mol. The molecule has 1 fully saturated rings. The summed E-state index contributed by atoms with van der Waals surface area (Å²) >= 11 is 0. The number of hydrogen-bond acceptors (Lipinski definition) is 4. The molecule has 7 heteroatoms. The minimum absolute atomic E-state index is 0.00736. The SMILES string of the molecule is COCC(CNC(=O)NC(C)(C(=O)O)C1CC1)OC. The Bertz CT molecular complexity index is 332. The van der Waals surface area contributed by atoms with Crippen LogP contribution in [0.25, 0.3) is 0 Å². The summed E-state index contributed by atoms with van der Waals surface area (Å²) in [7, 11) is 3.06. The second-order valence-corrected chi connectivity index (χ2v) is 4.93. The summed E-state index contributed by atoms with van der Waals surface area (Å²) in [5.41, 5.74) is -1.20. The van der Waals surface area contributed by atoms with E-state index in [0.717, 1.165) is 12.8 Å². The number of rotatable bonds is 8. The number of carboxylic acids is 1. The van der Waals surface area contributed by atoms with Crippen LogP contribution in [0.5, 0.6) is 0 Å². The molecule has 19 heavy (non-hydrogen) atoms. The molecule has 0 aromatic rings. The summed E-state index contributed by atoms with van der Waals surface area (Å²) in [4.78, 5) is 23.0. The zero-order valence-electron chi connectivity index (χ0n) is 11.6. The molecular weight excluding hydrogens is 252 g/mol. The van der Waals surface area contributed by atoms with Gasteiger partial charge in [0.05, 0.1) is 12.7 Å². The van der Waals surface area contributed by atoms with E-state index in [0.29, 0.717) is 6.61 Å². The third-order valence-electron chi connectivity index (χ3n) is 3.39. The van der Waals surface area contributed by atoms with Gasteiger partial charge in [-0.3, -0.25) is 0 Å². The monoisotopic (exact) mass is 274 g/mol. The number of carbonyl (C=O) groups excluding carboxylic acids is 1. The van der Waals surface area contributed by atoms with Crippen molar-refractivity contribution in [2.75, 3.05) is 27.4 Å². The van der Waals surface area contributed by atoms with Crippen LogP contribution in [0.3, 0.4) is 0 Å². The van der Waals surface area contributed by atoms with Gasteiger partial charge in [-0.2, -0.15) is 0 Å². The first-order valence-electron chi connectivity index (χ1n) is 6.25. The van der Waals surface area contributed by atoms with Crippen LogP contribution in [-0.4, -0.2) is 56.1 Å². The number of nitrogens with one attached hydrogen (secondary N) is 2. The largest absolute Gasteiger partial charge is 0.480 e. The lowest BCUT2D eigenvalue weighted by atomic mass is 9.96. The number of carboxylic acid groups (broad SMARTS) is 1. The molecule has 7 nitrogen and oxygen atoms in total. The molecular formula is C12H22N2O5. The van der Waals surface area contributed by atoms with Crippen molar-refractivity contribution < 1.29 is 24.2 Å². The van der Waals surface area contributed by atoms with Crippen molar-refractivity contribution in [3.63, 3.8) is 0 Å². The predicted molar refractivity (Wildman–Crippen MR) is 68.0 cm³/mol. The number of ether oxygens (including phenoxy) is 2. The van der Waals surface area contributed by atoms with Crippen molar-refractivity contribution in [3.8, 4) is 0 Å². The third kappa shape index (κ3) is 4.36. The lowest BCUT2D eigenvalue weighted by Crippen LogP contribution is -2.57. The van der Waals surface area contributed by atoms with Gasteiger partial charge in [0.1, 0.15) is 5.54 Å². The molecule has 0 saturated heterocycles. The second kappa shape index (κ2) is 6.72. The Balaban J connectivity index is 2.43. The van der Waals surface area contributed by atoms with E-state index in [4.69, 9.17) is 9.47 Å². The van der Waals surface area contributed by atoms with Gasteiger partial charge < -0.3 is 25.2 Å². The smallest absolute Gasteiger partial charge is 0.329 e. The maximum absolute atomic E-state index is 11.7. The molecule has 0 aliphatic heterocycles. The average Bonchev–Trinajstić information content (AvgIpc) is 3.18. The molecule has 1 aliphatic carbocycles. The number of hydrogen-bond donors (Lipinski definition) is 3. The third-order valence-corrected chi connectivity index (χ3v) is 3.39. The minimum Gasteiger partial charge on any atom is -0.480 e. The summed E-state index contributed by atoms with van der Waals surface area (Å²) in [5.74, 6) is -1.00. The quantitative estimate of drug-likeness (QED) is 0.587. The van der Waals surface area contributed by atoms with Gasteiger partial charge in [0.15, 0.2) is 0 Å². The number of urea groups is 1. The molecule has 1 saturated carbocycles. The molecule has 0 aromatic heterocycles. The van der Waals surface area contributed by atoms with Crippen LogP contribution in [-0.2, 0) is 14.3 Å². The molecule has 2 unspecified atom stereocenters. The van der Waals surface area contributed by atoms with Gasteiger partial charge in [0, 0.05) is 20.8 Å². The Morgan fingerprint density at radius 1 is 1.42 bits per heavy atom. The van der Waals surface area contributed by atoms with Crippen molar-refractivity contribution in [1.29, 1.82) is 0 Å². The van der Waals surface area contributed by atoms with Crippen LogP contribution in [0.2, 0.25) is 0 Å². The van der Waals surface area contributed by atoms with Gasteiger partial charge in [0.25, 0.3) is 0 Å². The highest BCUT2D eigenvalue weighted by Crippen LogP contribution is 2.39. The fraction of sp³-hybridized carbons (Fsp3) is 0.833. The Hall–Kier alpha value is -1.34. The van der Waals surface area contributed by atoms with Crippen LogP contribution in [0.1, 0.15) is 19.8 Å². The zero-order chi connectivity index (χ0) is 14.5. The van der Waals surface area contributed by atoms with Crippen molar-refractivity contribution in [1.82, 2.24) is 10.6 Å². The van der Waals surface area contributed by atoms with E-state index in [2.05, 4.69) is 10.6 Å². The fourth-order valence-corrected chi connectivity index (χ4v) is 1.87. The molecule has 1 aliphatic rings. The van der Waals surface area contributed by atoms with Gasteiger partial charge in [-0.1, -0.05) is 0 Å². The minimum atomic E-state index is -1.20. The van der Waals surface area contributed by atoms with Gasteiger partial charge in [-0.25, -0.2) is 9.59 Å². The zero-order valence-corrected chi connectivity index (χ0v) is 11.6. The second-order valence-electron chi connectivity index (χ2n) is 4.93. The highest BCUT2D eigenvalue weighted by Gasteiger charge is 2.48. The van der Waals surface area contributed by atoms with E-state index in [-0.39, 0.29) is 18.6 Å². The highest BCUT2D eigenvalue weighted by molar-refractivity contribution is 5.86. The molecule has 110 valence electrons. The Kier molecular flexibility index (Phi) is 5.56. The van der Waals surface area contributed by atoms with Gasteiger partial charge in [0.2, 0.25) is 0 Å². The normalized spacial score (nSPS) is 19.3. The number of amides is 2. The lowest BCUT2D eigenvalue weighted by Gasteiger charge is -2.26. The van der Waals surface area contributed by atoms with Crippen LogP contribution < -0.4 is 10.6 Å². The summed E-state index contributed by atoms with van der Waals surface area (Å²) in [6.07, 6.45) is 1.40. The van der Waals surface area contributed by atoms with Crippen molar-refractivity contribution in [3.05, 3.63) is 0 Å². The summed E-state index contributed by atoms with van der Waals surface area (Å²) in [5, 5.41) is 14.3. The van der Waals surface area contributed by atoms with E-state index in [1.54, 1.807) is 7.11 Å². The summed E-state index contributed by atoms with van der Waals surface area (Å²) < 4.78 is 10.0. The standard InChI is InChI=1S/C12H22N2O5/c1-12(10(15)16,8-4-5-8)14-11(17)13-6-9(19-3)7-18-2/h8-9H,4-7H2,1-3H3,(H,15,16)(H2,13,14,17). The lowest BCUT2D eigenvalue weighted by molar-refractivity contribution is -0.144. The van der Waals surface area contributed by atoms with E-state index in [1.807, 2.05) is 0 Å². The Morgan fingerprint density at radius 2 is 2.05 bits per heavy atom. The molecule has 3 N–H and O–H groups in total. The first-order chi connectivity index (χ1) is 8.93. The van der Waals surface area contributed by atoms with Crippen molar-refractivity contribution in [2.24, 2.45) is 5.92 Å². The maximum atomic E-state index is 11.7. The van der Waals surface area contributed by atoms with Crippen LogP contribution >= 0.6 is 0 Å². The molecule has 2 atom stereocenters. The van der Waals surface area contributed by atoms with Crippen molar-refractivity contribution >= 4 is 12.0 Å².